The van der Waals surface area contributed by atoms with Gasteiger partial charge in [0.25, 0.3) is 15.9 Å². The van der Waals surface area contributed by atoms with Crippen molar-refractivity contribution in [3.05, 3.63) is 87.9 Å². The molecule has 36 heavy (non-hydrogen) atoms. The minimum atomic E-state index is -4.14. The van der Waals surface area contributed by atoms with Gasteiger partial charge in [0.2, 0.25) is 5.91 Å². The Bertz CT molecular complexity index is 1360. The van der Waals surface area contributed by atoms with E-state index in [4.69, 9.17) is 23.2 Å². The molecule has 3 aromatic rings. The van der Waals surface area contributed by atoms with Crippen LogP contribution in [0.25, 0.3) is 0 Å². The summed E-state index contributed by atoms with van der Waals surface area (Å²) in [6, 6.07) is 17.1. The number of rotatable bonds is 9. The number of hydrogen-bond acceptors (Lipinski definition) is 4. The van der Waals surface area contributed by atoms with E-state index in [0.29, 0.717) is 0 Å². The average Bonchev–Trinajstić information content (AvgIpc) is 2.84. The number of para-hydroxylation sites is 1. The molecule has 10 heteroatoms. The van der Waals surface area contributed by atoms with Crippen molar-refractivity contribution in [1.29, 1.82) is 0 Å². The van der Waals surface area contributed by atoms with Crippen LogP contribution < -0.4 is 14.9 Å². The Hall–Kier alpha value is -3.07. The van der Waals surface area contributed by atoms with Gasteiger partial charge in [0.1, 0.15) is 6.54 Å². The molecule has 2 N–H and O–H groups in total. The second-order valence-corrected chi connectivity index (χ2v) is 11.0. The van der Waals surface area contributed by atoms with E-state index in [2.05, 4.69) is 10.6 Å². The molecule has 0 radical (unpaired) electrons. The van der Waals surface area contributed by atoms with Gasteiger partial charge in [0.15, 0.2) is 0 Å². The predicted molar refractivity (Wildman–Crippen MR) is 144 cm³/mol. The first-order chi connectivity index (χ1) is 17.0. The molecule has 2 amide bonds. The fourth-order valence-corrected chi connectivity index (χ4v) is 5.01. The van der Waals surface area contributed by atoms with E-state index in [1.54, 1.807) is 36.4 Å². The van der Waals surface area contributed by atoms with E-state index >= 15 is 0 Å². The lowest BCUT2D eigenvalue weighted by Gasteiger charge is -2.25. The smallest absolute Gasteiger partial charge is 0.264 e. The molecule has 0 aliphatic carbocycles. The average molecular weight is 548 g/mol. The third kappa shape index (κ3) is 6.57. The Morgan fingerprint density at radius 3 is 2.28 bits per heavy atom. The lowest BCUT2D eigenvalue weighted by atomic mass is 10.1. The second-order valence-electron chi connectivity index (χ2n) is 8.30. The van der Waals surface area contributed by atoms with Gasteiger partial charge in [-0.15, -0.1) is 0 Å². The molecule has 3 rings (SSSR count). The minimum absolute atomic E-state index is 0.0142. The van der Waals surface area contributed by atoms with Gasteiger partial charge in [-0.2, -0.15) is 0 Å². The van der Waals surface area contributed by atoms with Crippen molar-refractivity contribution < 1.29 is 18.0 Å². The maximum absolute atomic E-state index is 13.6. The molecule has 0 bridgehead atoms. The van der Waals surface area contributed by atoms with E-state index in [0.717, 1.165) is 16.3 Å². The molecule has 0 saturated heterocycles. The SMILES string of the molecule is CC[C@@H](C)NC(=O)c1ccccc1NC(=O)CN(c1ccc(Cl)c(Cl)c1)S(=O)(=O)c1ccc(C)cc1. The summed E-state index contributed by atoms with van der Waals surface area (Å²) in [5.41, 5.74) is 1.60. The molecule has 7 nitrogen and oxygen atoms in total. The highest BCUT2D eigenvalue weighted by Crippen LogP contribution is 2.30. The summed E-state index contributed by atoms with van der Waals surface area (Å²) in [4.78, 5) is 25.8. The highest BCUT2D eigenvalue weighted by atomic mass is 35.5. The van der Waals surface area contributed by atoms with Crippen LogP contribution >= 0.6 is 23.2 Å². The topological polar surface area (TPSA) is 95.6 Å². The van der Waals surface area contributed by atoms with Crippen molar-refractivity contribution in [3.8, 4) is 0 Å². The molecule has 0 saturated carbocycles. The van der Waals surface area contributed by atoms with Crippen LogP contribution in [0.2, 0.25) is 10.0 Å². The van der Waals surface area contributed by atoms with Crippen LogP contribution in [0.15, 0.2) is 71.6 Å². The third-order valence-corrected chi connectivity index (χ3v) is 8.05. The molecule has 0 fully saturated rings. The van der Waals surface area contributed by atoms with Crippen LogP contribution in [-0.4, -0.2) is 32.8 Å². The standard InChI is InChI=1S/C26H27Cl2N3O4S/c1-4-18(3)29-26(33)21-7-5-6-8-24(21)30-25(32)16-31(19-11-14-22(27)23(28)15-19)36(34,35)20-12-9-17(2)10-13-20/h5-15,18H,4,16H2,1-3H3,(H,29,33)(H,30,32)/t18-/m1/s1. The summed E-state index contributed by atoms with van der Waals surface area (Å²) >= 11 is 12.2. The third-order valence-electron chi connectivity index (χ3n) is 5.52. The number of nitrogens with one attached hydrogen (secondary N) is 2. The Morgan fingerprint density at radius 2 is 1.64 bits per heavy atom. The first-order valence-electron chi connectivity index (χ1n) is 11.3. The zero-order valence-electron chi connectivity index (χ0n) is 20.1. The van der Waals surface area contributed by atoms with E-state index in [1.165, 1.54) is 30.3 Å². The van der Waals surface area contributed by atoms with Crippen LogP contribution in [0, 0.1) is 6.92 Å². The highest BCUT2D eigenvalue weighted by Gasteiger charge is 2.28. The molecule has 3 aromatic carbocycles. The molecule has 190 valence electrons. The number of aryl methyl sites for hydroxylation is 1. The van der Waals surface area contributed by atoms with Crippen LogP contribution in [0.3, 0.4) is 0 Å². The number of carbonyl (C=O) groups excluding carboxylic acids is 2. The molecular weight excluding hydrogens is 521 g/mol. The largest absolute Gasteiger partial charge is 0.350 e. The number of hydrogen-bond donors (Lipinski definition) is 2. The molecule has 0 heterocycles. The first-order valence-corrected chi connectivity index (χ1v) is 13.5. The van der Waals surface area contributed by atoms with Gasteiger partial charge >= 0.3 is 0 Å². The summed E-state index contributed by atoms with van der Waals surface area (Å²) < 4.78 is 28.1. The quantitative estimate of drug-likeness (QED) is 0.361. The Morgan fingerprint density at radius 1 is 0.972 bits per heavy atom. The van der Waals surface area contributed by atoms with Crippen molar-refractivity contribution in [2.24, 2.45) is 0 Å². The fourth-order valence-electron chi connectivity index (χ4n) is 3.31. The number of amides is 2. The first kappa shape index (κ1) is 27.5. The van der Waals surface area contributed by atoms with E-state index in [9.17, 15) is 18.0 Å². The van der Waals surface area contributed by atoms with Crippen LogP contribution in [0.4, 0.5) is 11.4 Å². The summed E-state index contributed by atoms with van der Waals surface area (Å²) in [6.45, 7) is 5.11. The number of anilines is 2. The fraction of sp³-hybridized carbons (Fsp3) is 0.231. The number of halogens is 2. The van der Waals surface area contributed by atoms with Crippen molar-refractivity contribution in [3.63, 3.8) is 0 Å². The summed E-state index contributed by atoms with van der Waals surface area (Å²) in [5, 5.41) is 5.93. The number of benzene rings is 3. The number of nitrogens with zero attached hydrogens (tertiary/aromatic N) is 1. The van der Waals surface area contributed by atoms with Gasteiger partial charge < -0.3 is 10.6 Å². The van der Waals surface area contributed by atoms with Crippen molar-refractivity contribution in [1.82, 2.24) is 5.32 Å². The monoisotopic (exact) mass is 547 g/mol. The van der Waals surface area contributed by atoms with E-state index in [-0.39, 0.29) is 43.8 Å². The van der Waals surface area contributed by atoms with Crippen LogP contribution in [0.5, 0.6) is 0 Å². The van der Waals surface area contributed by atoms with Gasteiger partial charge in [-0.05, 0) is 62.7 Å². The number of sulfonamides is 1. The van der Waals surface area contributed by atoms with Gasteiger partial charge in [0.05, 0.1) is 31.9 Å². The molecule has 0 unspecified atom stereocenters. The van der Waals surface area contributed by atoms with Crippen LogP contribution in [-0.2, 0) is 14.8 Å². The molecule has 0 aliphatic rings. The molecule has 1 atom stereocenters. The Balaban J connectivity index is 1.94. The van der Waals surface area contributed by atoms with Crippen molar-refractivity contribution in [2.75, 3.05) is 16.2 Å². The number of carbonyl (C=O) groups is 2. The zero-order valence-corrected chi connectivity index (χ0v) is 22.4. The maximum Gasteiger partial charge on any atom is 0.264 e. The molecular formula is C26H27Cl2N3O4S. The highest BCUT2D eigenvalue weighted by molar-refractivity contribution is 7.92. The predicted octanol–water partition coefficient (Wildman–Crippen LogP) is 5.66. The minimum Gasteiger partial charge on any atom is -0.350 e. The van der Waals surface area contributed by atoms with Gasteiger partial charge in [-0.3, -0.25) is 13.9 Å². The summed E-state index contributed by atoms with van der Waals surface area (Å²) in [6.07, 6.45) is 0.746. The lowest BCUT2D eigenvalue weighted by molar-refractivity contribution is -0.114. The summed E-state index contributed by atoms with van der Waals surface area (Å²) in [5.74, 6) is -0.977. The van der Waals surface area contributed by atoms with Crippen molar-refractivity contribution >= 4 is 56.4 Å². The second kappa shape index (κ2) is 11.8. The zero-order chi connectivity index (χ0) is 26.5. The lowest BCUT2D eigenvalue weighted by Crippen LogP contribution is -2.38. The Labute approximate surface area is 221 Å². The van der Waals surface area contributed by atoms with Crippen molar-refractivity contribution in [2.45, 2.75) is 38.1 Å². The molecule has 0 spiro atoms. The maximum atomic E-state index is 13.6. The Kier molecular flexibility index (Phi) is 9.00. The summed E-state index contributed by atoms with van der Waals surface area (Å²) in [7, 11) is -4.14. The van der Waals surface area contributed by atoms with Gasteiger partial charge in [0, 0.05) is 6.04 Å². The molecule has 0 aromatic heterocycles. The van der Waals surface area contributed by atoms with E-state index < -0.39 is 22.5 Å². The van der Waals surface area contributed by atoms with Crippen LogP contribution in [0.1, 0.15) is 36.2 Å². The van der Waals surface area contributed by atoms with E-state index in [1.807, 2.05) is 20.8 Å². The molecule has 0 aliphatic heterocycles. The van der Waals surface area contributed by atoms with Gasteiger partial charge in [-0.25, -0.2) is 8.42 Å². The normalized spacial score (nSPS) is 12.0. The van der Waals surface area contributed by atoms with Gasteiger partial charge in [-0.1, -0.05) is 60.0 Å².